The molecule has 6 heteroatoms. The Labute approximate surface area is 152 Å². The lowest BCUT2D eigenvalue weighted by atomic mass is 9.88. The van der Waals surface area contributed by atoms with Crippen LogP contribution in [0.15, 0.2) is 30.3 Å². The van der Waals surface area contributed by atoms with E-state index in [4.69, 9.17) is 25.8 Å². The topological polar surface area (TPSA) is 54.7 Å². The first-order chi connectivity index (χ1) is 12.1. The third-order valence-corrected chi connectivity index (χ3v) is 4.76. The number of methoxy groups -OCH3 is 3. The molecule has 1 aliphatic heterocycles. The van der Waals surface area contributed by atoms with Crippen LogP contribution in [0.5, 0.6) is 17.2 Å². The van der Waals surface area contributed by atoms with Gasteiger partial charge in [-0.15, -0.1) is 0 Å². The molecule has 0 radical (unpaired) electrons. The highest BCUT2D eigenvalue weighted by Crippen LogP contribution is 2.42. The van der Waals surface area contributed by atoms with Crippen LogP contribution in [0.3, 0.4) is 0 Å². The highest BCUT2D eigenvalue weighted by molar-refractivity contribution is 6.32. The first kappa shape index (κ1) is 17.2. The summed E-state index contributed by atoms with van der Waals surface area (Å²) in [5.41, 5.74) is 3.12. The van der Waals surface area contributed by atoms with Gasteiger partial charge in [0.2, 0.25) is 0 Å². The molecule has 1 heterocycles. The number of benzene rings is 2. The van der Waals surface area contributed by atoms with Gasteiger partial charge in [0.25, 0.3) is 0 Å². The molecule has 0 aromatic heterocycles. The van der Waals surface area contributed by atoms with Crippen LogP contribution in [-0.4, -0.2) is 32.8 Å². The van der Waals surface area contributed by atoms with Crippen molar-refractivity contribution in [1.29, 1.82) is 5.26 Å². The Kier molecular flexibility index (Phi) is 4.91. The van der Waals surface area contributed by atoms with Gasteiger partial charge >= 0.3 is 0 Å². The van der Waals surface area contributed by atoms with Crippen molar-refractivity contribution < 1.29 is 14.2 Å². The summed E-state index contributed by atoms with van der Waals surface area (Å²) in [4.78, 5) is 1.76. The van der Waals surface area contributed by atoms with Crippen LogP contribution in [0.2, 0.25) is 5.02 Å². The number of hydrogen-bond donors (Lipinski definition) is 0. The highest BCUT2D eigenvalue weighted by atomic mass is 35.5. The van der Waals surface area contributed by atoms with Crippen LogP contribution in [0.4, 0.5) is 0 Å². The monoisotopic (exact) mass is 358 g/mol. The van der Waals surface area contributed by atoms with Crippen molar-refractivity contribution in [3.8, 4) is 23.4 Å². The summed E-state index contributed by atoms with van der Waals surface area (Å²) in [6.45, 7) is 0.632. The highest BCUT2D eigenvalue weighted by Gasteiger charge is 2.30. The molecule has 130 valence electrons. The number of nitrogens with zero attached hydrogens (tertiary/aromatic N) is 2. The van der Waals surface area contributed by atoms with Crippen LogP contribution in [0.1, 0.15) is 22.7 Å². The average molecular weight is 359 g/mol. The predicted octanol–water partition coefficient (Wildman–Crippen LogP) is 3.79. The zero-order valence-corrected chi connectivity index (χ0v) is 15.1. The van der Waals surface area contributed by atoms with Crippen molar-refractivity contribution in [2.45, 2.75) is 12.5 Å². The van der Waals surface area contributed by atoms with E-state index < -0.39 is 0 Å². The predicted molar refractivity (Wildman–Crippen MR) is 95.4 cm³/mol. The third kappa shape index (κ3) is 3.06. The summed E-state index contributed by atoms with van der Waals surface area (Å²) in [5.74, 6) is 1.85. The summed E-state index contributed by atoms with van der Waals surface area (Å²) in [6.07, 6.45) is 3.08. The molecule has 2 aromatic rings. The fourth-order valence-electron chi connectivity index (χ4n) is 3.29. The molecule has 1 aliphatic rings. The molecule has 1 unspecified atom stereocenters. The van der Waals surface area contributed by atoms with E-state index in [0.717, 1.165) is 23.3 Å². The van der Waals surface area contributed by atoms with E-state index in [1.54, 1.807) is 26.2 Å². The number of rotatable bonds is 4. The van der Waals surface area contributed by atoms with E-state index in [0.29, 0.717) is 23.1 Å². The maximum absolute atomic E-state index is 9.61. The molecule has 0 N–H and O–H groups in total. The van der Waals surface area contributed by atoms with Gasteiger partial charge in [-0.2, -0.15) is 5.26 Å². The van der Waals surface area contributed by atoms with Crippen LogP contribution >= 0.6 is 11.6 Å². The Morgan fingerprint density at radius 1 is 1.12 bits per heavy atom. The molecule has 0 saturated carbocycles. The van der Waals surface area contributed by atoms with Crippen LogP contribution in [-0.2, 0) is 6.42 Å². The van der Waals surface area contributed by atoms with E-state index >= 15 is 0 Å². The molecule has 0 aliphatic carbocycles. The fourth-order valence-corrected chi connectivity index (χ4v) is 3.59. The molecule has 2 aromatic carbocycles. The first-order valence-corrected chi connectivity index (χ1v) is 8.25. The van der Waals surface area contributed by atoms with Crippen molar-refractivity contribution in [1.82, 2.24) is 4.90 Å². The van der Waals surface area contributed by atoms with Gasteiger partial charge in [-0.05, 0) is 47.4 Å². The van der Waals surface area contributed by atoms with Gasteiger partial charge in [0.15, 0.2) is 17.7 Å². The molecule has 0 saturated heterocycles. The summed E-state index contributed by atoms with van der Waals surface area (Å²) in [5, 5.41) is 10.1. The number of ether oxygens (including phenoxy) is 3. The number of nitriles is 1. The standard InChI is InChI=1S/C19H19ClN2O3/c1-23-14-4-5-15-12(8-14)6-7-22(11-21)18(15)13-9-16(20)19(25-3)17(10-13)24-2/h4-5,8-10,18H,6-7H2,1-3H3. The van der Waals surface area contributed by atoms with E-state index in [2.05, 4.69) is 6.19 Å². The molecule has 0 amide bonds. The minimum Gasteiger partial charge on any atom is -0.497 e. The fraction of sp³-hybridized carbons (Fsp3) is 0.316. The smallest absolute Gasteiger partial charge is 0.180 e. The van der Waals surface area contributed by atoms with Crippen LogP contribution in [0, 0.1) is 11.5 Å². The Balaban J connectivity index is 2.15. The van der Waals surface area contributed by atoms with Crippen molar-refractivity contribution in [3.63, 3.8) is 0 Å². The summed E-state index contributed by atoms with van der Waals surface area (Å²) >= 11 is 6.37. The van der Waals surface area contributed by atoms with Gasteiger partial charge in [-0.3, -0.25) is 4.90 Å². The lowest BCUT2D eigenvalue weighted by molar-refractivity contribution is 0.311. The van der Waals surface area contributed by atoms with Crippen molar-refractivity contribution in [2.75, 3.05) is 27.9 Å². The minimum atomic E-state index is -0.225. The van der Waals surface area contributed by atoms with E-state index in [-0.39, 0.29) is 6.04 Å². The van der Waals surface area contributed by atoms with Gasteiger partial charge < -0.3 is 14.2 Å². The van der Waals surface area contributed by atoms with Crippen molar-refractivity contribution >= 4 is 11.6 Å². The quantitative estimate of drug-likeness (QED) is 0.778. The normalized spacial score (nSPS) is 16.0. The summed E-state index contributed by atoms with van der Waals surface area (Å²) < 4.78 is 16.0. The van der Waals surface area contributed by atoms with Gasteiger partial charge in [0.05, 0.1) is 32.4 Å². The molecular formula is C19H19ClN2O3. The second-order valence-corrected chi connectivity index (χ2v) is 6.16. The Morgan fingerprint density at radius 2 is 1.92 bits per heavy atom. The molecule has 25 heavy (non-hydrogen) atoms. The van der Waals surface area contributed by atoms with Crippen molar-refractivity contribution in [3.05, 3.63) is 52.0 Å². The molecule has 0 spiro atoms. The number of halogens is 1. The Morgan fingerprint density at radius 3 is 2.56 bits per heavy atom. The maximum Gasteiger partial charge on any atom is 0.180 e. The summed E-state index contributed by atoms with van der Waals surface area (Å²) in [7, 11) is 4.77. The number of fused-ring (bicyclic) bond motifs is 1. The third-order valence-electron chi connectivity index (χ3n) is 4.48. The molecule has 0 bridgehead atoms. The lowest BCUT2D eigenvalue weighted by Crippen LogP contribution is -2.32. The van der Waals surface area contributed by atoms with E-state index in [1.807, 2.05) is 30.3 Å². The molecule has 3 rings (SSSR count). The second-order valence-electron chi connectivity index (χ2n) is 5.75. The van der Waals surface area contributed by atoms with Gasteiger partial charge in [0.1, 0.15) is 5.75 Å². The van der Waals surface area contributed by atoms with Crippen LogP contribution < -0.4 is 14.2 Å². The zero-order valence-electron chi connectivity index (χ0n) is 14.4. The summed E-state index contributed by atoms with van der Waals surface area (Å²) in [6, 6.07) is 9.43. The lowest BCUT2D eigenvalue weighted by Gasteiger charge is -2.34. The molecule has 5 nitrogen and oxygen atoms in total. The van der Waals surface area contributed by atoms with Gasteiger partial charge in [0, 0.05) is 6.54 Å². The maximum atomic E-state index is 9.61. The molecule has 0 fully saturated rings. The number of hydrogen-bond acceptors (Lipinski definition) is 5. The largest absolute Gasteiger partial charge is 0.497 e. The Bertz CT molecular complexity index is 832. The molecule has 1 atom stereocenters. The molecular weight excluding hydrogens is 340 g/mol. The minimum absolute atomic E-state index is 0.225. The first-order valence-electron chi connectivity index (χ1n) is 7.87. The Hall–Kier alpha value is -2.58. The van der Waals surface area contributed by atoms with Gasteiger partial charge in [-0.1, -0.05) is 17.7 Å². The second kappa shape index (κ2) is 7.12. The van der Waals surface area contributed by atoms with Crippen molar-refractivity contribution in [2.24, 2.45) is 0 Å². The van der Waals surface area contributed by atoms with E-state index in [9.17, 15) is 5.26 Å². The zero-order chi connectivity index (χ0) is 18.0. The SMILES string of the molecule is COc1ccc2c(c1)CCN(C#N)C2c1cc(Cl)c(OC)c(OC)c1. The van der Waals surface area contributed by atoms with Gasteiger partial charge in [-0.25, -0.2) is 0 Å². The average Bonchev–Trinajstić information content (AvgIpc) is 2.65. The van der Waals surface area contributed by atoms with Crippen LogP contribution in [0.25, 0.3) is 0 Å². The van der Waals surface area contributed by atoms with E-state index in [1.165, 1.54) is 5.56 Å².